The van der Waals surface area contributed by atoms with Crippen LogP contribution in [0.1, 0.15) is 32.4 Å². The molecule has 1 fully saturated rings. The second kappa shape index (κ2) is 9.29. The van der Waals surface area contributed by atoms with Gasteiger partial charge in [-0.15, -0.1) is 11.3 Å². The van der Waals surface area contributed by atoms with Gasteiger partial charge in [0.1, 0.15) is 0 Å². The molecule has 1 saturated heterocycles. The van der Waals surface area contributed by atoms with Gasteiger partial charge < -0.3 is 10.2 Å². The van der Waals surface area contributed by atoms with E-state index >= 15 is 0 Å². The number of carbonyl (C=O) groups excluding carboxylic acids is 2. The Kier molecular flexibility index (Phi) is 6.79. The van der Waals surface area contributed by atoms with Crippen molar-refractivity contribution in [2.75, 3.05) is 32.7 Å². The van der Waals surface area contributed by atoms with E-state index in [9.17, 15) is 14.4 Å². The Balaban J connectivity index is 1.44. The number of hydrogen-bond donors (Lipinski definition) is 1. The van der Waals surface area contributed by atoms with Crippen LogP contribution in [-0.2, 0) is 16.1 Å². The summed E-state index contributed by atoms with van der Waals surface area (Å²) in [5, 5.41) is 4.56. The van der Waals surface area contributed by atoms with E-state index in [1.54, 1.807) is 21.6 Å². The minimum absolute atomic E-state index is 0.0473. The summed E-state index contributed by atoms with van der Waals surface area (Å²) < 4.78 is 1.54. The van der Waals surface area contributed by atoms with Gasteiger partial charge in [-0.05, 0) is 12.3 Å². The molecule has 0 unspecified atom stereocenters. The fourth-order valence-electron chi connectivity index (χ4n) is 3.15. The zero-order valence-corrected chi connectivity index (χ0v) is 17.2. The number of amides is 2. The fraction of sp³-hybridized carbons (Fsp3) is 0.579. The maximum Gasteiger partial charge on any atom is 0.258 e. The van der Waals surface area contributed by atoms with Crippen LogP contribution in [0, 0.1) is 5.92 Å². The Morgan fingerprint density at radius 2 is 2.00 bits per heavy atom. The number of piperazine rings is 1. The average molecular weight is 406 g/mol. The first-order valence-corrected chi connectivity index (χ1v) is 10.5. The van der Waals surface area contributed by atoms with E-state index in [1.165, 1.54) is 11.3 Å². The molecule has 0 radical (unpaired) electrons. The monoisotopic (exact) mass is 405 g/mol. The van der Waals surface area contributed by atoms with Crippen molar-refractivity contribution in [2.45, 2.75) is 33.2 Å². The summed E-state index contributed by atoms with van der Waals surface area (Å²) in [5.74, 6) is 0.358. The molecule has 1 N–H and O–H groups in total. The zero-order chi connectivity index (χ0) is 20.1. The lowest BCUT2D eigenvalue weighted by atomic mass is 10.1. The van der Waals surface area contributed by atoms with E-state index < -0.39 is 0 Å². The van der Waals surface area contributed by atoms with Crippen LogP contribution in [0.25, 0.3) is 4.96 Å². The number of nitrogens with one attached hydrogen (secondary N) is 1. The number of fused-ring (bicyclic) bond motifs is 1. The second-order valence-electron chi connectivity index (χ2n) is 7.51. The summed E-state index contributed by atoms with van der Waals surface area (Å²) in [6, 6.07) is 1.57. The minimum atomic E-state index is -0.0676. The summed E-state index contributed by atoms with van der Waals surface area (Å²) in [7, 11) is 0. The van der Waals surface area contributed by atoms with Crippen molar-refractivity contribution < 1.29 is 9.59 Å². The van der Waals surface area contributed by atoms with Crippen LogP contribution in [0.3, 0.4) is 0 Å². The van der Waals surface area contributed by atoms with Crippen molar-refractivity contribution in [1.82, 2.24) is 24.5 Å². The maximum absolute atomic E-state index is 12.3. The van der Waals surface area contributed by atoms with Crippen molar-refractivity contribution in [3.63, 3.8) is 0 Å². The van der Waals surface area contributed by atoms with Crippen LogP contribution in [0.4, 0.5) is 0 Å². The van der Waals surface area contributed by atoms with Gasteiger partial charge in [-0.1, -0.05) is 13.8 Å². The Morgan fingerprint density at radius 3 is 2.71 bits per heavy atom. The third kappa shape index (κ3) is 5.39. The maximum atomic E-state index is 12.3. The molecule has 152 valence electrons. The molecule has 0 aromatic carbocycles. The number of thiazole rings is 1. The molecule has 0 spiro atoms. The van der Waals surface area contributed by atoms with E-state index in [1.807, 2.05) is 5.38 Å². The van der Waals surface area contributed by atoms with Gasteiger partial charge in [-0.25, -0.2) is 4.98 Å². The first-order chi connectivity index (χ1) is 13.4. The summed E-state index contributed by atoms with van der Waals surface area (Å²) >= 11 is 1.44. The van der Waals surface area contributed by atoms with Crippen LogP contribution in [-0.4, -0.2) is 63.7 Å². The van der Waals surface area contributed by atoms with Crippen LogP contribution in [0.5, 0.6) is 0 Å². The molecule has 28 heavy (non-hydrogen) atoms. The molecular formula is C19H27N5O3S. The molecule has 3 rings (SSSR count). The number of nitrogens with zero attached hydrogens (tertiary/aromatic N) is 4. The lowest BCUT2D eigenvalue weighted by Crippen LogP contribution is -2.51. The molecule has 0 atom stereocenters. The van der Waals surface area contributed by atoms with E-state index in [2.05, 4.69) is 29.0 Å². The van der Waals surface area contributed by atoms with Gasteiger partial charge in [0.2, 0.25) is 11.8 Å². The smallest absolute Gasteiger partial charge is 0.258 e. The van der Waals surface area contributed by atoms with Gasteiger partial charge in [0.05, 0.1) is 12.2 Å². The summed E-state index contributed by atoms with van der Waals surface area (Å²) in [5.41, 5.74) is 0.688. The molecule has 0 aliphatic carbocycles. The highest BCUT2D eigenvalue weighted by Crippen LogP contribution is 2.10. The Labute approximate surface area is 168 Å². The summed E-state index contributed by atoms with van der Waals surface area (Å²) in [4.78, 5) is 45.4. The lowest BCUT2D eigenvalue weighted by molar-refractivity contribution is -0.134. The van der Waals surface area contributed by atoms with Gasteiger partial charge in [0, 0.05) is 56.8 Å². The van der Waals surface area contributed by atoms with Crippen LogP contribution in [0.15, 0.2) is 22.4 Å². The molecular weight excluding hydrogens is 378 g/mol. The first-order valence-electron chi connectivity index (χ1n) is 9.65. The summed E-state index contributed by atoms with van der Waals surface area (Å²) in [6.07, 6.45) is 3.01. The Morgan fingerprint density at radius 1 is 1.25 bits per heavy atom. The molecule has 2 amide bonds. The van der Waals surface area contributed by atoms with Crippen molar-refractivity contribution >= 4 is 28.1 Å². The lowest BCUT2D eigenvalue weighted by Gasteiger charge is -2.34. The highest BCUT2D eigenvalue weighted by atomic mass is 32.1. The van der Waals surface area contributed by atoms with E-state index in [-0.39, 0.29) is 23.9 Å². The predicted octanol–water partition coefficient (Wildman–Crippen LogP) is 0.953. The van der Waals surface area contributed by atoms with E-state index in [4.69, 9.17) is 0 Å². The molecule has 1 aliphatic rings. The zero-order valence-electron chi connectivity index (χ0n) is 16.4. The quantitative estimate of drug-likeness (QED) is 0.741. The van der Waals surface area contributed by atoms with E-state index in [0.29, 0.717) is 36.9 Å². The molecule has 2 aromatic rings. The Bertz CT molecular complexity index is 883. The predicted molar refractivity (Wildman–Crippen MR) is 108 cm³/mol. The van der Waals surface area contributed by atoms with Crippen molar-refractivity contribution in [3.8, 4) is 0 Å². The number of aromatic nitrogens is 2. The highest BCUT2D eigenvalue weighted by Gasteiger charge is 2.22. The molecule has 0 saturated carbocycles. The normalized spacial score (nSPS) is 15.3. The van der Waals surface area contributed by atoms with Crippen molar-refractivity contribution in [1.29, 1.82) is 0 Å². The molecule has 9 heteroatoms. The van der Waals surface area contributed by atoms with E-state index in [0.717, 1.165) is 25.2 Å². The number of hydrogen-bond acceptors (Lipinski definition) is 6. The van der Waals surface area contributed by atoms with Gasteiger partial charge in [-0.2, -0.15) is 0 Å². The third-order valence-electron chi connectivity index (χ3n) is 4.85. The second-order valence-corrected chi connectivity index (χ2v) is 8.38. The molecule has 2 aromatic heterocycles. The SMILES string of the molecule is CC(C)CCC(=O)NCC(=O)N1CCN(Cc2cc(=O)n3ccsc3n2)CC1. The molecule has 8 nitrogen and oxygen atoms in total. The van der Waals surface area contributed by atoms with Crippen molar-refractivity contribution in [3.05, 3.63) is 33.7 Å². The minimum Gasteiger partial charge on any atom is -0.347 e. The number of carbonyl (C=O) groups is 2. The van der Waals surface area contributed by atoms with Gasteiger partial charge in [0.25, 0.3) is 5.56 Å². The first kappa shape index (κ1) is 20.5. The molecule has 0 bridgehead atoms. The standard InChI is InChI=1S/C19H27N5O3S/c1-14(2)3-4-16(25)20-12-18(27)23-7-5-22(6-8-23)13-15-11-17(26)24-9-10-28-19(24)21-15/h9-11,14H,3-8,12-13H2,1-2H3,(H,20,25). The average Bonchev–Trinajstić information content (AvgIpc) is 3.14. The van der Waals surface area contributed by atoms with Crippen LogP contribution in [0.2, 0.25) is 0 Å². The van der Waals surface area contributed by atoms with Gasteiger partial charge in [0.15, 0.2) is 4.96 Å². The largest absolute Gasteiger partial charge is 0.347 e. The molecule has 1 aliphatic heterocycles. The van der Waals surface area contributed by atoms with Crippen LogP contribution >= 0.6 is 11.3 Å². The third-order valence-corrected chi connectivity index (χ3v) is 5.61. The molecule has 3 heterocycles. The Hall–Kier alpha value is -2.26. The van der Waals surface area contributed by atoms with Gasteiger partial charge in [-0.3, -0.25) is 23.7 Å². The summed E-state index contributed by atoms with van der Waals surface area (Å²) in [6.45, 7) is 7.46. The fourth-order valence-corrected chi connectivity index (χ4v) is 3.89. The topological polar surface area (TPSA) is 87.0 Å². The number of rotatable bonds is 7. The highest BCUT2D eigenvalue weighted by molar-refractivity contribution is 7.15. The van der Waals surface area contributed by atoms with Gasteiger partial charge >= 0.3 is 0 Å². The van der Waals surface area contributed by atoms with Crippen LogP contribution < -0.4 is 10.9 Å². The van der Waals surface area contributed by atoms with Crippen molar-refractivity contribution in [2.24, 2.45) is 5.92 Å².